The molecule has 33 heavy (non-hydrogen) atoms. The van der Waals surface area contributed by atoms with Crippen molar-refractivity contribution in [1.29, 1.82) is 0 Å². The van der Waals surface area contributed by atoms with E-state index in [0.717, 1.165) is 5.56 Å². The average Bonchev–Trinajstić information content (AvgIpc) is 2.79. The number of rotatable bonds is 11. The maximum absolute atomic E-state index is 11.5. The lowest BCUT2D eigenvalue weighted by Crippen LogP contribution is -2.34. The molecule has 0 spiro atoms. The molecule has 9 nitrogen and oxygen atoms in total. The summed E-state index contributed by atoms with van der Waals surface area (Å²) in [5.41, 5.74) is 1.83. The van der Waals surface area contributed by atoms with Gasteiger partial charge in [-0.25, -0.2) is 0 Å². The number of amides is 1. The summed E-state index contributed by atoms with van der Waals surface area (Å²) in [6, 6.07) is 10.5. The topological polar surface area (TPSA) is 137 Å². The maximum atomic E-state index is 11.5. The lowest BCUT2D eigenvalue weighted by molar-refractivity contribution is -0.137. The summed E-state index contributed by atoms with van der Waals surface area (Å²) in [4.78, 5) is 22.1. The third-order valence-electron chi connectivity index (χ3n) is 5.68. The van der Waals surface area contributed by atoms with Gasteiger partial charge in [0, 0.05) is 30.6 Å². The number of aliphatic hydroxyl groups is 1. The SMILES string of the molecule is CC(NCC(O)c1cc(O)cc2c1OCC(=O)N2)C(C)c1ccc(OCCCC(=O)O)cc1. The number of anilines is 1. The number of carboxylic acids is 1. The summed E-state index contributed by atoms with van der Waals surface area (Å²) < 4.78 is 11.0. The van der Waals surface area contributed by atoms with Crippen molar-refractivity contribution < 1.29 is 34.4 Å². The number of hydrogen-bond donors (Lipinski definition) is 5. The van der Waals surface area contributed by atoms with Crippen molar-refractivity contribution in [2.24, 2.45) is 0 Å². The first kappa shape index (κ1) is 24.3. The molecule has 3 rings (SSSR count). The van der Waals surface area contributed by atoms with Crippen molar-refractivity contribution in [3.05, 3.63) is 47.5 Å². The Bertz CT molecular complexity index is 978. The van der Waals surface area contributed by atoms with Crippen LogP contribution < -0.4 is 20.1 Å². The van der Waals surface area contributed by atoms with Crippen LogP contribution in [0.3, 0.4) is 0 Å². The first-order chi connectivity index (χ1) is 15.7. The Kier molecular flexibility index (Phi) is 8.13. The minimum Gasteiger partial charge on any atom is -0.508 e. The third-order valence-corrected chi connectivity index (χ3v) is 5.68. The quantitative estimate of drug-likeness (QED) is 0.324. The smallest absolute Gasteiger partial charge is 0.303 e. The van der Waals surface area contributed by atoms with E-state index in [1.807, 2.05) is 31.2 Å². The van der Waals surface area contributed by atoms with Gasteiger partial charge in [-0.1, -0.05) is 19.1 Å². The van der Waals surface area contributed by atoms with Gasteiger partial charge in [0.25, 0.3) is 5.91 Å². The van der Waals surface area contributed by atoms with E-state index in [2.05, 4.69) is 17.6 Å². The molecule has 0 bridgehead atoms. The van der Waals surface area contributed by atoms with Gasteiger partial charge in [-0.15, -0.1) is 0 Å². The van der Waals surface area contributed by atoms with Crippen LogP contribution in [0, 0.1) is 0 Å². The normalized spacial score (nSPS) is 15.5. The molecule has 1 aliphatic rings. The lowest BCUT2D eigenvalue weighted by atomic mass is 9.94. The summed E-state index contributed by atoms with van der Waals surface area (Å²) >= 11 is 0. The first-order valence-electron chi connectivity index (χ1n) is 10.9. The van der Waals surface area contributed by atoms with Crippen molar-refractivity contribution in [2.75, 3.05) is 25.1 Å². The molecule has 0 fully saturated rings. The number of aliphatic carboxylic acids is 1. The van der Waals surface area contributed by atoms with Crippen LogP contribution in [0.15, 0.2) is 36.4 Å². The Morgan fingerprint density at radius 2 is 1.97 bits per heavy atom. The number of aromatic hydroxyl groups is 1. The molecule has 0 radical (unpaired) electrons. The molecular weight excluding hydrogens is 428 g/mol. The molecule has 5 N–H and O–H groups in total. The molecular formula is C24H30N2O7. The van der Waals surface area contributed by atoms with Crippen LogP contribution in [0.5, 0.6) is 17.2 Å². The van der Waals surface area contributed by atoms with Crippen molar-refractivity contribution >= 4 is 17.6 Å². The van der Waals surface area contributed by atoms with E-state index in [-0.39, 0.29) is 43.2 Å². The monoisotopic (exact) mass is 458 g/mol. The summed E-state index contributed by atoms with van der Waals surface area (Å²) in [5, 5.41) is 35.3. The van der Waals surface area contributed by atoms with Crippen molar-refractivity contribution in [1.82, 2.24) is 5.32 Å². The van der Waals surface area contributed by atoms with Crippen molar-refractivity contribution in [3.8, 4) is 17.2 Å². The van der Waals surface area contributed by atoms with Gasteiger partial charge in [0.05, 0.1) is 18.4 Å². The van der Waals surface area contributed by atoms with Gasteiger partial charge in [-0.05, 0) is 43.0 Å². The molecule has 0 saturated heterocycles. The Morgan fingerprint density at radius 3 is 2.67 bits per heavy atom. The van der Waals surface area contributed by atoms with Gasteiger partial charge in [0.1, 0.15) is 17.2 Å². The predicted molar refractivity (Wildman–Crippen MR) is 122 cm³/mol. The molecule has 3 atom stereocenters. The van der Waals surface area contributed by atoms with Crippen LogP contribution in [0.1, 0.15) is 49.8 Å². The molecule has 1 aliphatic heterocycles. The highest BCUT2D eigenvalue weighted by atomic mass is 16.5. The van der Waals surface area contributed by atoms with E-state index in [1.54, 1.807) is 0 Å². The molecule has 0 aromatic heterocycles. The number of hydrogen-bond acceptors (Lipinski definition) is 7. The van der Waals surface area contributed by atoms with Crippen LogP contribution in [0.2, 0.25) is 0 Å². The summed E-state index contributed by atoms with van der Waals surface area (Å²) in [6.45, 7) is 4.52. The van der Waals surface area contributed by atoms with Gasteiger partial charge in [0.15, 0.2) is 6.61 Å². The number of phenols is 1. The summed E-state index contributed by atoms with van der Waals surface area (Å²) in [6.07, 6.45) is -0.413. The molecule has 0 saturated carbocycles. The van der Waals surface area contributed by atoms with Gasteiger partial charge in [-0.3, -0.25) is 9.59 Å². The standard InChI is InChI=1S/C24H30N2O7/c1-14(16-5-7-18(8-6-16)32-9-3-4-23(30)31)15(2)25-12-21(28)19-10-17(27)11-20-24(19)33-13-22(29)26-20/h5-8,10-11,14-15,21,25,27-28H,3-4,9,12-13H2,1-2H3,(H,26,29)(H,30,31). The number of ether oxygens (including phenoxy) is 2. The second-order valence-corrected chi connectivity index (χ2v) is 8.16. The summed E-state index contributed by atoms with van der Waals surface area (Å²) in [7, 11) is 0. The Hall–Kier alpha value is -3.30. The average molecular weight is 459 g/mol. The molecule has 2 aromatic carbocycles. The second kappa shape index (κ2) is 11.0. The van der Waals surface area contributed by atoms with Crippen molar-refractivity contribution in [2.45, 2.75) is 44.8 Å². The third kappa shape index (κ3) is 6.59. The lowest BCUT2D eigenvalue weighted by Gasteiger charge is -2.26. The highest BCUT2D eigenvalue weighted by Gasteiger charge is 2.25. The predicted octanol–water partition coefficient (Wildman–Crippen LogP) is 2.78. The molecule has 178 valence electrons. The molecule has 9 heteroatoms. The fraction of sp³-hybridized carbons (Fsp3) is 0.417. The fourth-order valence-corrected chi connectivity index (χ4v) is 3.61. The Labute approximate surface area is 192 Å². The maximum Gasteiger partial charge on any atom is 0.303 e. The fourth-order valence-electron chi connectivity index (χ4n) is 3.61. The number of aliphatic hydroxyl groups excluding tert-OH is 1. The minimum absolute atomic E-state index is 0.0238. The number of carbonyl (C=O) groups excluding carboxylic acids is 1. The minimum atomic E-state index is -0.947. The molecule has 3 unspecified atom stereocenters. The number of benzene rings is 2. The zero-order valence-electron chi connectivity index (χ0n) is 18.7. The molecule has 1 amide bonds. The van der Waals surface area contributed by atoms with Gasteiger partial charge in [0.2, 0.25) is 0 Å². The Balaban J connectivity index is 1.54. The molecule has 0 aliphatic carbocycles. The number of fused-ring (bicyclic) bond motifs is 1. The number of carboxylic acid groups (broad SMARTS) is 1. The number of nitrogens with one attached hydrogen (secondary N) is 2. The molecule has 1 heterocycles. The van der Waals surface area contributed by atoms with Crippen LogP contribution >= 0.6 is 0 Å². The van der Waals surface area contributed by atoms with E-state index in [9.17, 15) is 19.8 Å². The first-order valence-corrected chi connectivity index (χ1v) is 10.9. The van der Waals surface area contributed by atoms with E-state index < -0.39 is 12.1 Å². The van der Waals surface area contributed by atoms with E-state index in [1.165, 1.54) is 12.1 Å². The molecule has 2 aromatic rings. The highest BCUT2D eigenvalue weighted by Crippen LogP contribution is 2.38. The van der Waals surface area contributed by atoms with E-state index >= 15 is 0 Å². The van der Waals surface area contributed by atoms with Gasteiger partial charge >= 0.3 is 5.97 Å². The van der Waals surface area contributed by atoms with Crippen LogP contribution in [-0.2, 0) is 9.59 Å². The summed E-state index contributed by atoms with van der Waals surface area (Å²) in [5.74, 6) is -0.0370. The van der Waals surface area contributed by atoms with Crippen LogP contribution in [0.4, 0.5) is 5.69 Å². The van der Waals surface area contributed by atoms with E-state index in [0.29, 0.717) is 35.8 Å². The highest BCUT2D eigenvalue weighted by molar-refractivity contribution is 5.96. The zero-order valence-corrected chi connectivity index (χ0v) is 18.7. The van der Waals surface area contributed by atoms with Gasteiger partial charge < -0.3 is 35.4 Å². The largest absolute Gasteiger partial charge is 0.508 e. The van der Waals surface area contributed by atoms with Crippen LogP contribution in [0.25, 0.3) is 0 Å². The second-order valence-electron chi connectivity index (χ2n) is 8.16. The Morgan fingerprint density at radius 1 is 1.24 bits per heavy atom. The number of phenolic OH excluding ortho intramolecular Hbond substituents is 1. The van der Waals surface area contributed by atoms with E-state index in [4.69, 9.17) is 14.6 Å². The van der Waals surface area contributed by atoms with Crippen molar-refractivity contribution in [3.63, 3.8) is 0 Å². The van der Waals surface area contributed by atoms with Gasteiger partial charge in [-0.2, -0.15) is 0 Å². The number of carbonyl (C=O) groups is 2. The van der Waals surface area contributed by atoms with Crippen LogP contribution in [-0.4, -0.2) is 53.0 Å². The zero-order chi connectivity index (χ0) is 24.0.